The first kappa shape index (κ1) is 14.8. The van der Waals surface area contributed by atoms with Crippen LogP contribution in [0.25, 0.3) is 0 Å². The maximum Gasteiger partial charge on any atom is 0.404 e. The second-order valence-electron chi connectivity index (χ2n) is 4.37. The van der Waals surface area contributed by atoms with Crippen LogP contribution in [0.3, 0.4) is 0 Å². The average molecular weight is 331 g/mol. The summed E-state index contributed by atoms with van der Waals surface area (Å²) in [6, 6.07) is 2.76. The highest BCUT2D eigenvalue weighted by atomic mass is 79.9. The van der Waals surface area contributed by atoms with E-state index in [0.717, 1.165) is 0 Å². The molecule has 6 heteroatoms. The molecule has 0 spiro atoms. The van der Waals surface area contributed by atoms with Crippen LogP contribution >= 0.6 is 27.5 Å². The van der Waals surface area contributed by atoms with Crippen molar-refractivity contribution in [1.82, 2.24) is 0 Å². The SMILES string of the molecule is CC(C)(c1ccc(Br)c(Cl)c1)C(N)C(F)(F)F. The van der Waals surface area contributed by atoms with Gasteiger partial charge in [-0.1, -0.05) is 31.5 Å². The third kappa shape index (κ3) is 3.14. The zero-order valence-electron chi connectivity index (χ0n) is 9.28. The second kappa shape index (κ2) is 4.78. The lowest BCUT2D eigenvalue weighted by atomic mass is 9.78. The van der Waals surface area contributed by atoms with Gasteiger partial charge in [0.2, 0.25) is 0 Å². The summed E-state index contributed by atoms with van der Waals surface area (Å²) in [4.78, 5) is 0. The summed E-state index contributed by atoms with van der Waals surface area (Å²) in [5, 5.41) is 0.366. The van der Waals surface area contributed by atoms with Crippen molar-refractivity contribution in [3.8, 4) is 0 Å². The van der Waals surface area contributed by atoms with Crippen molar-refractivity contribution in [1.29, 1.82) is 0 Å². The van der Waals surface area contributed by atoms with Crippen molar-refractivity contribution >= 4 is 27.5 Å². The predicted octanol–water partition coefficient (Wildman–Crippen LogP) is 4.27. The third-order valence-corrected chi connectivity index (χ3v) is 4.03. The minimum atomic E-state index is -4.44. The molecular formula is C11H12BrClF3N. The lowest BCUT2D eigenvalue weighted by molar-refractivity contribution is -0.160. The summed E-state index contributed by atoms with van der Waals surface area (Å²) in [6.07, 6.45) is -4.44. The summed E-state index contributed by atoms with van der Waals surface area (Å²) in [5.41, 5.74) is 4.49. The van der Waals surface area contributed by atoms with E-state index in [1.165, 1.54) is 19.9 Å². The molecule has 1 aromatic rings. The molecule has 0 aliphatic heterocycles. The molecule has 0 bridgehead atoms. The van der Waals surface area contributed by atoms with Gasteiger partial charge in [-0.25, -0.2) is 0 Å². The lowest BCUT2D eigenvalue weighted by Gasteiger charge is -2.33. The lowest BCUT2D eigenvalue weighted by Crippen LogP contribution is -2.51. The molecule has 0 fully saturated rings. The van der Waals surface area contributed by atoms with Gasteiger partial charge in [-0.3, -0.25) is 0 Å². The fourth-order valence-electron chi connectivity index (χ4n) is 1.49. The number of nitrogens with two attached hydrogens (primary N) is 1. The molecule has 96 valence electrons. The van der Waals surface area contributed by atoms with Gasteiger partial charge in [-0.15, -0.1) is 0 Å². The van der Waals surface area contributed by atoms with Gasteiger partial charge in [0.05, 0.1) is 5.02 Å². The molecule has 1 aromatic carbocycles. The van der Waals surface area contributed by atoms with E-state index in [1.807, 2.05) is 0 Å². The molecule has 1 nitrogen and oxygen atoms in total. The highest BCUT2D eigenvalue weighted by molar-refractivity contribution is 9.10. The van der Waals surface area contributed by atoms with Gasteiger partial charge in [0.15, 0.2) is 0 Å². The van der Waals surface area contributed by atoms with E-state index in [4.69, 9.17) is 17.3 Å². The maximum absolute atomic E-state index is 12.6. The standard InChI is InChI=1S/C11H12BrClF3N/c1-10(2,9(17)11(14,15)16)6-3-4-7(12)8(13)5-6/h3-5,9H,17H2,1-2H3. The quantitative estimate of drug-likeness (QED) is 0.861. The van der Waals surface area contributed by atoms with Gasteiger partial charge in [0, 0.05) is 9.89 Å². The van der Waals surface area contributed by atoms with E-state index in [0.29, 0.717) is 15.1 Å². The monoisotopic (exact) mass is 329 g/mol. The van der Waals surface area contributed by atoms with Gasteiger partial charge in [-0.2, -0.15) is 13.2 Å². The molecule has 17 heavy (non-hydrogen) atoms. The van der Waals surface area contributed by atoms with E-state index in [9.17, 15) is 13.2 Å². The Kier molecular flexibility index (Phi) is 4.16. The predicted molar refractivity (Wildman–Crippen MR) is 66.2 cm³/mol. The molecule has 0 aliphatic carbocycles. The van der Waals surface area contributed by atoms with E-state index in [-0.39, 0.29) is 0 Å². The molecule has 2 N–H and O–H groups in total. The Morgan fingerprint density at radius 1 is 1.29 bits per heavy atom. The zero-order chi connectivity index (χ0) is 13.4. The summed E-state index contributed by atoms with van der Waals surface area (Å²) in [5.74, 6) is 0. The Morgan fingerprint density at radius 3 is 2.24 bits per heavy atom. The molecule has 1 rings (SSSR count). The molecule has 0 saturated heterocycles. The second-order valence-corrected chi connectivity index (χ2v) is 5.63. The molecule has 0 aromatic heterocycles. The highest BCUT2D eigenvalue weighted by Crippen LogP contribution is 2.37. The van der Waals surface area contributed by atoms with Crippen LogP contribution in [0.1, 0.15) is 19.4 Å². The van der Waals surface area contributed by atoms with Crippen molar-refractivity contribution in [3.63, 3.8) is 0 Å². The van der Waals surface area contributed by atoms with Gasteiger partial charge >= 0.3 is 6.18 Å². The van der Waals surface area contributed by atoms with E-state index in [2.05, 4.69) is 15.9 Å². The fourth-order valence-corrected chi connectivity index (χ4v) is 1.91. The van der Waals surface area contributed by atoms with Crippen molar-refractivity contribution in [2.24, 2.45) is 5.73 Å². The summed E-state index contributed by atoms with van der Waals surface area (Å²) in [6.45, 7) is 2.90. The fraction of sp³-hybridized carbons (Fsp3) is 0.455. The molecule has 0 heterocycles. The summed E-state index contributed by atoms with van der Waals surface area (Å²) < 4.78 is 38.6. The van der Waals surface area contributed by atoms with Crippen molar-refractivity contribution in [2.45, 2.75) is 31.5 Å². The van der Waals surface area contributed by atoms with Crippen molar-refractivity contribution in [2.75, 3.05) is 0 Å². The summed E-state index contributed by atoms with van der Waals surface area (Å²) >= 11 is 9.06. The van der Waals surface area contributed by atoms with Crippen molar-refractivity contribution in [3.05, 3.63) is 33.3 Å². The molecule has 1 atom stereocenters. The Labute approximate surface area is 111 Å². The van der Waals surface area contributed by atoms with Crippen LogP contribution in [0.5, 0.6) is 0 Å². The Bertz CT molecular complexity index is 418. The maximum atomic E-state index is 12.6. The smallest absolute Gasteiger partial charge is 0.319 e. The minimum Gasteiger partial charge on any atom is -0.319 e. The number of benzene rings is 1. The molecule has 0 radical (unpaired) electrons. The molecule has 0 amide bonds. The van der Waals surface area contributed by atoms with E-state index in [1.54, 1.807) is 12.1 Å². The van der Waals surface area contributed by atoms with Gasteiger partial charge in [0.25, 0.3) is 0 Å². The number of hydrogen-bond donors (Lipinski definition) is 1. The van der Waals surface area contributed by atoms with Crippen LogP contribution < -0.4 is 5.73 Å². The van der Waals surface area contributed by atoms with Crippen LogP contribution in [-0.2, 0) is 5.41 Å². The Morgan fingerprint density at radius 2 is 1.82 bits per heavy atom. The molecular weight excluding hydrogens is 318 g/mol. The average Bonchev–Trinajstić information content (AvgIpc) is 2.19. The Hall–Kier alpha value is -0.260. The van der Waals surface area contributed by atoms with E-state index < -0.39 is 17.6 Å². The van der Waals surface area contributed by atoms with Crippen LogP contribution in [-0.4, -0.2) is 12.2 Å². The molecule has 1 unspecified atom stereocenters. The molecule has 0 saturated carbocycles. The number of alkyl halides is 3. The third-order valence-electron chi connectivity index (χ3n) is 2.79. The summed E-state index contributed by atoms with van der Waals surface area (Å²) in [7, 11) is 0. The van der Waals surface area contributed by atoms with Crippen LogP contribution in [0.2, 0.25) is 5.02 Å². The number of rotatable bonds is 2. The number of halogens is 5. The van der Waals surface area contributed by atoms with Crippen LogP contribution in [0, 0.1) is 0 Å². The van der Waals surface area contributed by atoms with Gasteiger partial charge < -0.3 is 5.73 Å². The van der Waals surface area contributed by atoms with E-state index >= 15 is 0 Å². The van der Waals surface area contributed by atoms with Crippen molar-refractivity contribution < 1.29 is 13.2 Å². The highest BCUT2D eigenvalue weighted by Gasteiger charge is 2.47. The topological polar surface area (TPSA) is 26.0 Å². The van der Waals surface area contributed by atoms with Crippen LogP contribution in [0.15, 0.2) is 22.7 Å². The first-order valence-corrected chi connectivity index (χ1v) is 6.01. The largest absolute Gasteiger partial charge is 0.404 e. The zero-order valence-corrected chi connectivity index (χ0v) is 11.6. The van der Waals surface area contributed by atoms with Gasteiger partial charge in [-0.05, 0) is 33.6 Å². The van der Waals surface area contributed by atoms with Gasteiger partial charge in [0.1, 0.15) is 6.04 Å². The van der Waals surface area contributed by atoms with Crippen LogP contribution in [0.4, 0.5) is 13.2 Å². The number of hydrogen-bond acceptors (Lipinski definition) is 1. The normalized spacial score (nSPS) is 14.8. The minimum absolute atomic E-state index is 0.366. The first-order chi connectivity index (χ1) is 7.56. The molecule has 0 aliphatic rings. The first-order valence-electron chi connectivity index (χ1n) is 4.84. The Balaban J connectivity index is 3.17.